The van der Waals surface area contributed by atoms with Crippen LogP contribution in [0.15, 0.2) is 0 Å². The molecule has 0 aromatic heterocycles. The Hall–Kier alpha value is -1.16. The Kier molecular flexibility index (Phi) is 4.32. The van der Waals surface area contributed by atoms with Crippen molar-refractivity contribution in [3.05, 3.63) is 0 Å². The minimum absolute atomic E-state index is 0.124. The summed E-state index contributed by atoms with van der Waals surface area (Å²) in [7, 11) is 0. The van der Waals surface area contributed by atoms with E-state index in [2.05, 4.69) is 37.6 Å². The van der Waals surface area contributed by atoms with Crippen LogP contribution in [0.2, 0.25) is 0 Å². The Labute approximate surface area is 120 Å². The Bertz CT molecular complexity index is 411. The van der Waals surface area contributed by atoms with E-state index in [1.165, 1.54) is 3.93 Å². The van der Waals surface area contributed by atoms with Gasteiger partial charge in [0.05, 0.1) is 38.8 Å². The van der Waals surface area contributed by atoms with Gasteiger partial charge in [-0.15, -0.1) is 0 Å². The smallest absolute Gasteiger partial charge is 0.329 e. The first-order chi connectivity index (χ1) is 8.17. The number of hydrogen-bond acceptors (Lipinski definition) is 4. The molecule has 0 aromatic carbocycles. The van der Waals surface area contributed by atoms with Gasteiger partial charge >= 0.3 is 12.1 Å². The van der Waals surface area contributed by atoms with E-state index < -0.39 is 17.6 Å². The molecule has 2 aliphatic heterocycles. The molecule has 6 amide bonds. The molecule has 0 radical (unpaired) electrons. The lowest BCUT2D eigenvalue weighted by Crippen LogP contribution is -2.37. The van der Waals surface area contributed by atoms with Crippen LogP contribution in [-0.4, -0.2) is 43.8 Å². The van der Waals surface area contributed by atoms with Crippen molar-refractivity contribution in [2.24, 2.45) is 0 Å². The first-order valence-corrected chi connectivity index (χ1v) is 6.17. The molecule has 0 aromatic rings. The van der Waals surface area contributed by atoms with Gasteiger partial charge in [0.25, 0.3) is 5.91 Å². The van der Waals surface area contributed by atoms with Crippen LogP contribution in [0, 0.1) is 0 Å². The topological polar surface area (TPSA) is 98.8 Å². The molecule has 2 fully saturated rings. The Morgan fingerprint density at radius 1 is 1.17 bits per heavy atom. The van der Waals surface area contributed by atoms with Crippen LogP contribution in [0.3, 0.4) is 0 Å². The van der Waals surface area contributed by atoms with Gasteiger partial charge in [0.15, 0.2) is 0 Å². The van der Waals surface area contributed by atoms with Crippen LogP contribution in [0.4, 0.5) is 9.59 Å². The number of carbonyl (C=O) groups is 4. The molecule has 18 heavy (non-hydrogen) atoms. The molecule has 0 unspecified atom stereocenters. The summed E-state index contributed by atoms with van der Waals surface area (Å²) in [4.78, 5) is 42.4. The standard InChI is InChI=1S/C5H6Br2N2O2.C3H4N2O2/c1-5(2)3(10)8(6)4(11)9(5)7;6-2-1-4-3(7)5-2/h1-2H3;1H2,(H2,4,5,6,7). The Morgan fingerprint density at radius 3 is 1.83 bits per heavy atom. The Balaban J connectivity index is 0.000000199. The second-order valence-electron chi connectivity index (χ2n) is 3.94. The SMILES string of the molecule is CC1(C)C(=O)N(Br)C(=O)N1Br.O=C1CNC(=O)N1. The summed E-state index contributed by atoms with van der Waals surface area (Å²) >= 11 is 5.84. The summed E-state index contributed by atoms with van der Waals surface area (Å²) in [5.41, 5.74) is -0.805. The van der Waals surface area contributed by atoms with Crippen LogP contribution in [0.25, 0.3) is 0 Å². The summed E-state index contributed by atoms with van der Waals surface area (Å²) in [6.07, 6.45) is 0. The summed E-state index contributed by atoms with van der Waals surface area (Å²) in [5, 5.41) is 4.30. The second-order valence-corrected chi connectivity index (χ2v) is 5.36. The zero-order valence-corrected chi connectivity index (χ0v) is 12.7. The molecule has 0 aliphatic carbocycles. The molecular formula is C8H10Br2N4O4. The normalized spacial score (nSPS) is 21.6. The number of hydrogen-bond donors (Lipinski definition) is 2. The fourth-order valence-electron chi connectivity index (χ4n) is 1.10. The predicted molar refractivity (Wildman–Crippen MR) is 67.6 cm³/mol. The average Bonchev–Trinajstić information content (AvgIpc) is 2.73. The lowest BCUT2D eigenvalue weighted by molar-refractivity contribution is -0.127. The minimum Gasteiger partial charge on any atom is -0.329 e. The zero-order valence-electron chi connectivity index (χ0n) is 9.49. The number of rotatable bonds is 0. The molecule has 0 bridgehead atoms. The molecule has 2 aliphatic rings. The van der Waals surface area contributed by atoms with Gasteiger partial charge in [0.2, 0.25) is 5.91 Å². The number of amides is 6. The molecule has 2 rings (SSSR count). The van der Waals surface area contributed by atoms with Crippen molar-refractivity contribution in [1.82, 2.24) is 18.5 Å². The van der Waals surface area contributed by atoms with E-state index in [4.69, 9.17) is 0 Å². The molecule has 2 saturated heterocycles. The van der Waals surface area contributed by atoms with Crippen molar-refractivity contribution in [2.75, 3.05) is 6.54 Å². The van der Waals surface area contributed by atoms with Gasteiger partial charge in [0, 0.05) is 0 Å². The number of halogens is 2. The van der Waals surface area contributed by atoms with E-state index in [1.54, 1.807) is 13.8 Å². The highest BCUT2D eigenvalue weighted by Gasteiger charge is 2.50. The molecule has 0 atom stereocenters. The molecular weight excluding hydrogens is 376 g/mol. The summed E-state index contributed by atoms with van der Waals surface area (Å²) in [5.74, 6) is -0.538. The summed E-state index contributed by atoms with van der Waals surface area (Å²) < 4.78 is 2.11. The van der Waals surface area contributed by atoms with E-state index >= 15 is 0 Å². The monoisotopic (exact) mass is 384 g/mol. The molecule has 100 valence electrons. The van der Waals surface area contributed by atoms with E-state index in [0.29, 0.717) is 0 Å². The van der Waals surface area contributed by atoms with Gasteiger partial charge in [-0.25, -0.2) is 13.5 Å². The first kappa shape index (κ1) is 14.9. The van der Waals surface area contributed by atoms with Crippen LogP contribution in [-0.2, 0) is 9.59 Å². The number of imide groups is 2. The van der Waals surface area contributed by atoms with Gasteiger partial charge in [-0.2, -0.15) is 3.93 Å². The van der Waals surface area contributed by atoms with Crippen LogP contribution in [0.5, 0.6) is 0 Å². The third kappa shape index (κ3) is 2.80. The molecule has 0 saturated carbocycles. The lowest BCUT2D eigenvalue weighted by Gasteiger charge is -2.19. The number of nitrogens with zero attached hydrogens (tertiary/aromatic N) is 2. The van der Waals surface area contributed by atoms with Crippen LogP contribution in [0.1, 0.15) is 13.8 Å². The van der Waals surface area contributed by atoms with Gasteiger partial charge < -0.3 is 5.32 Å². The highest BCUT2D eigenvalue weighted by Crippen LogP contribution is 2.32. The number of urea groups is 2. The third-order valence-corrected chi connectivity index (χ3v) is 4.01. The van der Waals surface area contributed by atoms with Crippen molar-refractivity contribution < 1.29 is 19.2 Å². The zero-order chi connectivity index (χ0) is 14.1. The fraction of sp³-hybridized carbons (Fsp3) is 0.500. The van der Waals surface area contributed by atoms with Gasteiger partial charge in [0.1, 0.15) is 5.54 Å². The molecule has 2 heterocycles. The summed E-state index contributed by atoms with van der Waals surface area (Å²) in [6.45, 7) is 3.44. The maximum atomic E-state index is 11.2. The highest BCUT2D eigenvalue weighted by atomic mass is 79.9. The maximum Gasteiger partial charge on any atom is 0.348 e. The largest absolute Gasteiger partial charge is 0.348 e. The number of nitrogens with one attached hydrogen (secondary N) is 2. The van der Waals surface area contributed by atoms with Crippen LogP contribution >= 0.6 is 32.3 Å². The van der Waals surface area contributed by atoms with Crippen LogP contribution < -0.4 is 10.6 Å². The average molecular weight is 386 g/mol. The van der Waals surface area contributed by atoms with E-state index in [0.717, 1.165) is 3.93 Å². The molecule has 8 nitrogen and oxygen atoms in total. The van der Waals surface area contributed by atoms with Crippen molar-refractivity contribution in [1.29, 1.82) is 0 Å². The van der Waals surface area contributed by atoms with Gasteiger partial charge in [-0.1, -0.05) is 0 Å². The van der Waals surface area contributed by atoms with Gasteiger partial charge in [-0.05, 0) is 13.8 Å². The minimum atomic E-state index is -0.805. The third-order valence-electron chi connectivity index (χ3n) is 2.19. The van der Waals surface area contributed by atoms with Gasteiger partial charge in [-0.3, -0.25) is 14.9 Å². The van der Waals surface area contributed by atoms with Crippen molar-refractivity contribution >= 4 is 56.2 Å². The van der Waals surface area contributed by atoms with E-state index in [-0.39, 0.29) is 18.4 Å². The number of carbonyl (C=O) groups excluding carboxylic acids is 4. The molecule has 2 N–H and O–H groups in total. The molecule has 0 spiro atoms. The quantitative estimate of drug-likeness (QED) is 0.467. The predicted octanol–water partition coefficient (Wildman–Crippen LogP) is 0.475. The molecule has 10 heteroatoms. The van der Waals surface area contributed by atoms with E-state index in [1.807, 2.05) is 5.32 Å². The second kappa shape index (κ2) is 5.22. The van der Waals surface area contributed by atoms with Crippen molar-refractivity contribution in [3.8, 4) is 0 Å². The fourth-order valence-corrected chi connectivity index (χ4v) is 2.22. The Morgan fingerprint density at radius 2 is 1.72 bits per heavy atom. The first-order valence-electron chi connectivity index (χ1n) is 4.76. The highest BCUT2D eigenvalue weighted by molar-refractivity contribution is 9.08. The lowest BCUT2D eigenvalue weighted by atomic mass is 10.1. The van der Waals surface area contributed by atoms with E-state index in [9.17, 15) is 19.2 Å². The van der Waals surface area contributed by atoms with Crippen molar-refractivity contribution in [3.63, 3.8) is 0 Å². The van der Waals surface area contributed by atoms with Crippen molar-refractivity contribution in [2.45, 2.75) is 19.4 Å². The maximum absolute atomic E-state index is 11.2. The summed E-state index contributed by atoms with van der Waals surface area (Å²) in [6, 6.07) is -0.801.